The lowest BCUT2D eigenvalue weighted by atomic mass is 9.90. The van der Waals surface area contributed by atoms with Crippen molar-refractivity contribution in [3.05, 3.63) is 63.1 Å². The first-order valence-corrected chi connectivity index (χ1v) is 9.07. The number of aromatic nitrogens is 2. The molecule has 0 saturated heterocycles. The van der Waals surface area contributed by atoms with Crippen LogP contribution < -0.4 is 5.32 Å². The maximum absolute atomic E-state index is 12.5. The summed E-state index contributed by atoms with van der Waals surface area (Å²) in [5, 5.41) is 11.4. The molecule has 1 aromatic heterocycles. The Bertz CT molecular complexity index is 964. The highest BCUT2D eigenvalue weighted by molar-refractivity contribution is 6.35. The molecular formula is C19H15Cl2N3O2. The van der Waals surface area contributed by atoms with Gasteiger partial charge >= 0.3 is 6.01 Å². The number of fused-ring (bicyclic) bond motifs is 1. The van der Waals surface area contributed by atoms with E-state index in [0.717, 1.165) is 19.3 Å². The van der Waals surface area contributed by atoms with Gasteiger partial charge in [-0.1, -0.05) is 34.4 Å². The Morgan fingerprint density at radius 1 is 0.962 bits per heavy atom. The number of nitrogens with zero attached hydrogens (tertiary/aromatic N) is 2. The van der Waals surface area contributed by atoms with Crippen LogP contribution in [-0.2, 0) is 12.8 Å². The molecule has 26 heavy (non-hydrogen) atoms. The Hall–Kier alpha value is -2.37. The van der Waals surface area contributed by atoms with Crippen molar-refractivity contribution in [2.45, 2.75) is 25.7 Å². The van der Waals surface area contributed by atoms with Crippen molar-refractivity contribution < 1.29 is 9.21 Å². The van der Waals surface area contributed by atoms with Gasteiger partial charge in [0.25, 0.3) is 5.91 Å². The molecule has 0 unspecified atom stereocenters. The number of halogens is 2. The van der Waals surface area contributed by atoms with Crippen LogP contribution in [0.2, 0.25) is 10.0 Å². The highest BCUT2D eigenvalue weighted by atomic mass is 35.5. The fourth-order valence-electron chi connectivity index (χ4n) is 3.11. The molecule has 132 valence electrons. The number of aryl methyl sites for hydroxylation is 2. The van der Waals surface area contributed by atoms with Gasteiger partial charge in [0.15, 0.2) is 0 Å². The van der Waals surface area contributed by atoms with E-state index in [-0.39, 0.29) is 17.8 Å². The number of anilines is 1. The van der Waals surface area contributed by atoms with Gasteiger partial charge in [0.1, 0.15) is 0 Å². The molecule has 0 bridgehead atoms. The first kappa shape index (κ1) is 17.1. The summed E-state index contributed by atoms with van der Waals surface area (Å²) in [6.07, 6.45) is 4.45. The largest absolute Gasteiger partial charge is 0.403 e. The number of rotatable bonds is 3. The zero-order valence-electron chi connectivity index (χ0n) is 13.8. The van der Waals surface area contributed by atoms with Crippen molar-refractivity contribution in [1.29, 1.82) is 0 Å². The Morgan fingerprint density at radius 3 is 2.46 bits per heavy atom. The van der Waals surface area contributed by atoms with Crippen LogP contribution in [0.1, 0.15) is 34.3 Å². The Morgan fingerprint density at radius 2 is 1.69 bits per heavy atom. The maximum Gasteiger partial charge on any atom is 0.322 e. The van der Waals surface area contributed by atoms with E-state index in [2.05, 4.69) is 15.5 Å². The van der Waals surface area contributed by atoms with Gasteiger partial charge in [-0.3, -0.25) is 10.1 Å². The molecule has 5 nitrogen and oxygen atoms in total. The van der Waals surface area contributed by atoms with Crippen molar-refractivity contribution in [1.82, 2.24) is 10.2 Å². The normalized spacial score (nSPS) is 13.3. The number of nitrogens with one attached hydrogen (secondary N) is 1. The standard InChI is InChI=1S/C19H15Cl2N3O2/c20-15-8-14(9-16(21)10-15)18-23-24-19(26-18)22-17(25)13-6-5-11-3-1-2-4-12(11)7-13/h5-10H,1-4H2,(H,22,24,25). The average molecular weight is 388 g/mol. The molecule has 7 heteroatoms. The molecule has 1 aliphatic rings. The monoisotopic (exact) mass is 387 g/mol. The number of carbonyl (C=O) groups is 1. The predicted octanol–water partition coefficient (Wildman–Crippen LogP) is 5.17. The summed E-state index contributed by atoms with van der Waals surface area (Å²) < 4.78 is 5.51. The quantitative estimate of drug-likeness (QED) is 0.672. The zero-order chi connectivity index (χ0) is 18.1. The summed E-state index contributed by atoms with van der Waals surface area (Å²) in [6, 6.07) is 10.8. The first-order chi connectivity index (χ1) is 12.6. The number of hydrogen-bond acceptors (Lipinski definition) is 4. The van der Waals surface area contributed by atoms with Crippen LogP contribution in [0, 0.1) is 0 Å². The van der Waals surface area contributed by atoms with Crippen LogP contribution in [0.3, 0.4) is 0 Å². The molecule has 1 amide bonds. The smallest absolute Gasteiger partial charge is 0.322 e. The molecule has 3 aromatic rings. The van der Waals surface area contributed by atoms with E-state index >= 15 is 0 Å². The predicted molar refractivity (Wildman–Crippen MR) is 101 cm³/mol. The van der Waals surface area contributed by atoms with Crippen LogP contribution in [0.15, 0.2) is 40.8 Å². The minimum absolute atomic E-state index is 0.0267. The minimum Gasteiger partial charge on any atom is -0.403 e. The van der Waals surface area contributed by atoms with Crippen LogP contribution in [-0.4, -0.2) is 16.1 Å². The molecule has 0 saturated carbocycles. The number of benzene rings is 2. The second-order valence-electron chi connectivity index (χ2n) is 6.22. The van der Waals surface area contributed by atoms with E-state index in [1.165, 1.54) is 17.5 Å². The molecule has 0 spiro atoms. The average Bonchev–Trinajstić information content (AvgIpc) is 3.09. The lowest BCUT2D eigenvalue weighted by Gasteiger charge is -2.16. The fourth-order valence-corrected chi connectivity index (χ4v) is 3.64. The van der Waals surface area contributed by atoms with Gasteiger partial charge < -0.3 is 4.42 Å². The van der Waals surface area contributed by atoms with Crippen molar-refractivity contribution in [2.75, 3.05) is 5.32 Å². The van der Waals surface area contributed by atoms with Gasteiger partial charge in [0.2, 0.25) is 5.89 Å². The molecule has 1 heterocycles. The number of carbonyl (C=O) groups excluding carboxylic acids is 1. The maximum atomic E-state index is 12.5. The summed E-state index contributed by atoms with van der Waals surface area (Å²) in [5.41, 5.74) is 3.73. The van der Waals surface area contributed by atoms with E-state index in [0.29, 0.717) is 21.2 Å². The number of hydrogen-bond donors (Lipinski definition) is 1. The van der Waals surface area contributed by atoms with Gasteiger partial charge in [-0.15, -0.1) is 5.10 Å². The molecule has 1 aliphatic carbocycles. The van der Waals surface area contributed by atoms with Crippen LogP contribution in [0.5, 0.6) is 0 Å². The molecule has 0 radical (unpaired) electrons. The van der Waals surface area contributed by atoms with E-state index in [4.69, 9.17) is 27.6 Å². The second-order valence-corrected chi connectivity index (χ2v) is 7.09. The molecule has 0 aliphatic heterocycles. The fraction of sp³-hybridized carbons (Fsp3) is 0.211. The SMILES string of the molecule is O=C(Nc1nnc(-c2cc(Cl)cc(Cl)c2)o1)c1ccc2c(c1)CCCC2. The van der Waals surface area contributed by atoms with E-state index < -0.39 is 0 Å². The van der Waals surface area contributed by atoms with E-state index in [1.807, 2.05) is 18.2 Å². The van der Waals surface area contributed by atoms with Gasteiger partial charge in [-0.25, -0.2) is 0 Å². The third kappa shape index (κ3) is 3.59. The number of amides is 1. The van der Waals surface area contributed by atoms with Gasteiger partial charge in [-0.05, 0) is 67.1 Å². The molecule has 0 atom stereocenters. The lowest BCUT2D eigenvalue weighted by molar-refractivity contribution is 0.102. The Labute approximate surface area is 160 Å². The van der Waals surface area contributed by atoms with Crippen LogP contribution in [0.25, 0.3) is 11.5 Å². The van der Waals surface area contributed by atoms with Gasteiger partial charge in [-0.2, -0.15) is 0 Å². The third-order valence-corrected chi connectivity index (χ3v) is 4.80. The molecule has 4 rings (SSSR count). The summed E-state index contributed by atoms with van der Waals surface area (Å²) in [4.78, 5) is 12.5. The van der Waals surface area contributed by atoms with Crippen molar-refractivity contribution in [2.24, 2.45) is 0 Å². The minimum atomic E-state index is -0.280. The van der Waals surface area contributed by atoms with Gasteiger partial charge in [0, 0.05) is 21.2 Å². The Kier molecular flexibility index (Phi) is 4.66. The zero-order valence-corrected chi connectivity index (χ0v) is 15.3. The molecular weight excluding hydrogens is 373 g/mol. The second kappa shape index (κ2) is 7.09. The molecule has 2 aromatic carbocycles. The van der Waals surface area contributed by atoms with E-state index in [9.17, 15) is 4.79 Å². The van der Waals surface area contributed by atoms with Crippen LogP contribution >= 0.6 is 23.2 Å². The Balaban J connectivity index is 1.53. The molecule has 0 fully saturated rings. The highest BCUT2D eigenvalue weighted by Gasteiger charge is 2.16. The first-order valence-electron chi connectivity index (χ1n) is 8.31. The summed E-state index contributed by atoms with van der Waals surface area (Å²) in [5.74, 6) is -0.0483. The van der Waals surface area contributed by atoms with Crippen molar-refractivity contribution in [3.63, 3.8) is 0 Å². The topological polar surface area (TPSA) is 68.0 Å². The highest BCUT2D eigenvalue weighted by Crippen LogP contribution is 2.27. The summed E-state index contributed by atoms with van der Waals surface area (Å²) >= 11 is 12.0. The molecule has 1 N–H and O–H groups in total. The third-order valence-electron chi connectivity index (χ3n) is 4.37. The van der Waals surface area contributed by atoms with Crippen LogP contribution in [0.4, 0.5) is 6.01 Å². The summed E-state index contributed by atoms with van der Waals surface area (Å²) in [7, 11) is 0. The van der Waals surface area contributed by atoms with Crippen molar-refractivity contribution in [3.8, 4) is 11.5 Å². The summed E-state index contributed by atoms with van der Waals surface area (Å²) in [6.45, 7) is 0. The van der Waals surface area contributed by atoms with Gasteiger partial charge in [0.05, 0.1) is 0 Å². The lowest BCUT2D eigenvalue weighted by Crippen LogP contribution is -2.13. The van der Waals surface area contributed by atoms with Crippen molar-refractivity contribution >= 4 is 35.1 Å². The van der Waals surface area contributed by atoms with E-state index in [1.54, 1.807) is 18.2 Å².